The van der Waals surface area contributed by atoms with Gasteiger partial charge in [-0.3, -0.25) is 4.72 Å². The van der Waals surface area contributed by atoms with E-state index < -0.39 is 10.0 Å². The summed E-state index contributed by atoms with van der Waals surface area (Å²) in [6.45, 7) is 1.98. The van der Waals surface area contributed by atoms with Crippen molar-refractivity contribution in [2.24, 2.45) is 0 Å². The molecule has 3 rings (SSSR count). The molecule has 0 fully saturated rings. The van der Waals surface area contributed by atoms with Gasteiger partial charge in [0.15, 0.2) is 0 Å². The van der Waals surface area contributed by atoms with Crippen LogP contribution >= 0.6 is 34.5 Å². The van der Waals surface area contributed by atoms with Gasteiger partial charge in [0.05, 0.1) is 12.1 Å². The van der Waals surface area contributed by atoms with Gasteiger partial charge in [0, 0.05) is 5.56 Å². The molecular weight excluding hydrogens is 417 g/mol. The Morgan fingerprint density at radius 3 is 2.38 bits per heavy atom. The van der Waals surface area contributed by atoms with E-state index in [1.165, 1.54) is 19.2 Å². The van der Waals surface area contributed by atoms with Crippen LogP contribution in [0.25, 0.3) is 10.6 Å². The fourth-order valence-corrected chi connectivity index (χ4v) is 4.95. The highest BCUT2D eigenvalue weighted by molar-refractivity contribution is 7.93. The minimum absolute atomic E-state index is 0.0228. The molecule has 6 nitrogen and oxygen atoms in total. The zero-order valence-corrected chi connectivity index (χ0v) is 16.8. The van der Waals surface area contributed by atoms with Crippen LogP contribution in [0.4, 0.5) is 5.13 Å². The Bertz CT molecular complexity index is 1050. The molecule has 0 spiro atoms. The molecule has 0 saturated heterocycles. The number of methoxy groups -OCH3 is 1. The first kappa shape index (κ1) is 18.9. The fraction of sp³-hybridized carbons (Fsp3) is 0.125. The minimum Gasteiger partial charge on any atom is -0.495 e. The topological polar surface area (TPSA) is 81.2 Å². The fourth-order valence-electron chi connectivity index (χ4n) is 2.13. The Morgan fingerprint density at radius 1 is 1.04 bits per heavy atom. The Hall–Kier alpha value is -1.87. The lowest BCUT2D eigenvalue weighted by Gasteiger charge is -2.10. The Morgan fingerprint density at radius 2 is 1.73 bits per heavy atom. The van der Waals surface area contributed by atoms with Crippen LogP contribution < -0.4 is 9.46 Å². The summed E-state index contributed by atoms with van der Waals surface area (Å²) in [7, 11) is -2.57. The van der Waals surface area contributed by atoms with E-state index >= 15 is 0 Å². The van der Waals surface area contributed by atoms with Gasteiger partial charge in [0.1, 0.15) is 20.7 Å². The van der Waals surface area contributed by atoms with Gasteiger partial charge in [0.25, 0.3) is 10.0 Å². The zero-order chi connectivity index (χ0) is 18.9. The maximum absolute atomic E-state index is 12.6. The number of nitrogens with one attached hydrogen (secondary N) is 1. The van der Waals surface area contributed by atoms with E-state index in [2.05, 4.69) is 14.9 Å². The van der Waals surface area contributed by atoms with Crippen LogP contribution in [0.15, 0.2) is 41.3 Å². The molecule has 1 heterocycles. The van der Waals surface area contributed by atoms with Gasteiger partial charge in [-0.15, -0.1) is 10.2 Å². The maximum atomic E-state index is 12.6. The largest absolute Gasteiger partial charge is 0.495 e. The van der Waals surface area contributed by atoms with Gasteiger partial charge in [-0.2, -0.15) is 0 Å². The summed E-state index contributed by atoms with van der Waals surface area (Å²) >= 11 is 13.2. The summed E-state index contributed by atoms with van der Waals surface area (Å²) in [5.41, 5.74) is 1.97. The van der Waals surface area contributed by atoms with Crippen molar-refractivity contribution in [2.45, 2.75) is 11.8 Å². The van der Waals surface area contributed by atoms with Crippen LogP contribution in [0, 0.1) is 6.92 Å². The summed E-state index contributed by atoms with van der Waals surface area (Å²) in [4.78, 5) is -0.169. The molecule has 136 valence electrons. The number of halogens is 2. The van der Waals surface area contributed by atoms with Crippen molar-refractivity contribution < 1.29 is 13.2 Å². The van der Waals surface area contributed by atoms with Crippen LogP contribution in [0.5, 0.6) is 5.75 Å². The monoisotopic (exact) mass is 429 g/mol. The lowest BCUT2D eigenvalue weighted by molar-refractivity contribution is 0.414. The molecule has 0 unspecified atom stereocenters. The Labute approximate surface area is 164 Å². The van der Waals surface area contributed by atoms with E-state index in [1.807, 2.05) is 31.2 Å². The predicted octanol–water partition coefficient (Wildman–Crippen LogP) is 4.63. The molecule has 0 aliphatic carbocycles. The minimum atomic E-state index is -3.98. The number of sulfonamides is 1. The highest BCUT2D eigenvalue weighted by Gasteiger charge is 2.23. The number of hydrogen-bond acceptors (Lipinski definition) is 6. The molecular formula is C16H13Cl2N3O3S2. The molecule has 0 atom stereocenters. The van der Waals surface area contributed by atoms with Gasteiger partial charge >= 0.3 is 0 Å². The van der Waals surface area contributed by atoms with Gasteiger partial charge < -0.3 is 4.74 Å². The van der Waals surface area contributed by atoms with Gasteiger partial charge in [-0.25, -0.2) is 8.42 Å². The average molecular weight is 430 g/mol. The molecule has 0 radical (unpaired) electrons. The summed E-state index contributed by atoms with van der Waals surface area (Å²) in [5, 5.41) is 8.54. The summed E-state index contributed by atoms with van der Waals surface area (Å²) in [6.07, 6.45) is 0. The Balaban J connectivity index is 1.89. The average Bonchev–Trinajstić information content (AvgIpc) is 3.05. The van der Waals surface area contributed by atoms with Crippen molar-refractivity contribution in [2.75, 3.05) is 11.8 Å². The van der Waals surface area contributed by atoms with E-state index in [9.17, 15) is 8.42 Å². The summed E-state index contributed by atoms with van der Waals surface area (Å²) < 4.78 is 32.6. The van der Waals surface area contributed by atoms with E-state index in [4.69, 9.17) is 27.9 Å². The smallest absolute Gasteiger partial charge is 0.265 e. The second kappa shape index (κ2) is 7.40. The normalized spacial score (nSPS) is 11.4. The standard InChI is InChI=1S/C16H13Cl2N3O3S2/c1-9-3-5-10(6-4-9)15-19-20-16(25-15)21-26(22,23)12-8-7-11(24-2)13(17)14(12)18/h3-8H,1-2H3,(H,20,21). The predicted molar refractivity (Wildman–Crippen MR) is 104 cm³/mol. The van der Waals surface area contributed by atoms with Crippen LogP contribution in [0.3, 0.4) is 0 Å². The molecule has 26 heavy (non-hydrogen) atoms. The first-order valence-corrected chi connectivity index (χ1v) is 10.3. The number of aryl methyl sites for hydroxylation is 1. The molecule has 1 aromatic heterocycles. The number of rotatable bonds is 5. The molecule has 3 aromatic rings. The molecule has 0 aliphatic rings. The van der Waals surface area contributed by atoms with E-state index in [-0.39, 0.29) is 25.8 Å². The first-order valence-electron chi connectivity index (χ1n) is 7.27. The number of benzene rings is 2. The van der Waals surface area contributed by atoms with E-state index in [1.54, 1.807) is 0 Å². The molecule has 1 N–H and O–H groups in total. The van der Waals surface area contributed by atoms with E-state index in [0.29, 0.717) is 5.01 Å². The van der Waals surface area contributed by atoms with Crippen LogP contribution in [0.1, 0.15) is 5.56 Å². The van der Waals surface area contributed by atoms with Crippen molar-refractivity contribution in [1.82, 2.24) is 10.2 Å². The third-order valence-electron chi connectivity index (χ3n) is 3.47. The molecule has 10 heteroatoms. The number of anilines is 1. The van der Waals surface area contributed by atoms with Crippen molar-refractivity contribution in [3.8, 4) is 16.3 Å². The van der Waals surface area contributed by atoms with Gasteiger partial charge in [-0.05, 0) is 19.1 Å². The number of ether oxygens (including phenoxy) is 1. The number of hydrogen-bond donors (Lipinski definition) is 1. The molecule has 0 aliphatic heterocycles. The molecule has 0 saturated carbocycles. The number of nitrogens with zero attached hydrogens (tertiary/aromatic N) is 2. The van der Waals surface area contributed by atoms with Crippen molar-refractivity contribution in [3.63, 3.8) is 0 Å². The highest BCUT2D eigenvalue weighted by atomic mass is 35.5. The van der Waals surface area contributed by atoms with Crippen LogP contribution in [0.2, 0.25) is 10.0 Å². The van der Waals surface area contributed by atoms with Crippen molar-refractivity contribution in [1.29, 1.82) is 0 Å². The second-order valence-electron chi connectivity index (χ2n) is 5.28. The third-order valence-corrected chi connectivity index (χ3v) is 6.84. The Kier molecular flexibility index (Phi) is 5.38. The van der Waals surface area contributed by atoms with Gasteiger partial charge in [-0.1, -0.05) is 64.4 Å². The lowest BCUT2D eigenvalue weighted by Crippen LogP contribution is -2.13. The van der Waals surface area contributed by atoms with Crippen molar-refractivity contribution >= 4 is 49.7 Å². The van der Waals surface area contributed by atoms with Crippen molar-refractivity contribution in [3.05, 3.63) is 52.0 Å². The van der Waals surface area contributed by atoms with Gasteiger partial charge in [0.2, 0.25) is 5.13 Å². The molecule has 0 bridgehead atoms. The SMILES string of the molecule is COc1ccc(S(=O)(=O)Nc2nnc(-c3ccc(C)cc3)s2)c(Cl)c1Cl. The van der Waals surface area contributed by atoms with Crippen LogP contribution in [-0.4, -0.2) is 25.7 Å². The maximum Gasteiger partial charge on any atom is 0.265 e. The zero-order valence-electron chi connectivity index (χ0n) is 13.7. The third kappa shape index (κ3) is 3.78. The molecule has 0 amide bonds. The molecule has 2 aromatic carbocycles. The summed E-state index contributed by atoms with van der Waals surface area (Å²) in [6, 6.07) is 10.4. The number of aromatic nitrogens is 2. The summed E-state index contributed by atoms with van der Waals surface area (Å²) in [5.74, 6) is 0.285. The quantitative estimate of drug-likeness (QED) is 0.639. The highest BCUT2D eigenvalue weighted by Crippen LogP contribution is 2.37. The first-order chi connectivity index (χ1) is 12.3. The van der Waals surface area contributed by atoms with E-state index in [0.717, 1.165) is 22.5 Å². The lowest BCUT2D eigenvalue weighted by atomic mass is 10.2. The second-order valence-corrected chi connectivity index (χ2v) is 8.66. The van der Waals surface area contributed by atoms with Crippen LogP contribution in [-0.2, 0) is 10.0 Å².